The van der Waals surface area contributed by atoms with Crippen molar-refractivity contribution in [2.75, 3.05) is 13.1 Å². The van der Waals surface area contributed by atoms with Gasteiger partial charge in [-0.15, -0.1) is 11.3 Å². The van der Waals surface area contributed by atoms with E-state index in [0.717, 1.165) is 28.6 Å². The minimum absolute atomic E-state index is 0.0576. The van der Waals surface area contributed by atoms with E-state index in [2.05, 4.69) is 15.0 Å². The Kier molecular flexibility index (Phi) is 4.18. The second-order valence-electron chi connectivity index (χ2n) is 6.74. The first-order chi connectivity index (χ1) is 12.0. The molecular weight excluding hydrogens is 340 g/mol. The third-order valence-corrected chi connectivity index (χ3v) is 5.44. The molecule has 2 atom stereocenters. The molecule has 25 heavy (non-hydrogen) atoms. The van der Waals surface area contributed by atoms with E-state index in [-0.39, 0.29) is 11.5 Å². The molecule has 0 aliphatic carbocycles. The number of aromatic nitrogens is 3. The number of fused-ring (bicyclic) bond motifs is 1. The Labute approximate surface area is 148 Å². The van der Waals surface area contributed by atoms with Gasteiger partial charge in [0, 0.05) is 55.2 Å². The number of aliphatic hydroxyl groups excluding tert-OH is 1. The Bertz CT molecular complexity index is 960. The zero-order valence-corrected chi connectivity index (χ0v) is 15.0. The lowest BCUT2D eigenvalue weighted by molar-refractivity contribution is 0.137. The van der Waals surface area contributed by atoms with Crippen molar-refractivity contribution in [2.24, 2.45) is 5.92 Å². The fourth-order valence-corrected chi connectivity index (χ4v) is 4.26. The molecule has 0 unspecified atom stereocenters. The summed E-state index contributed by atoms with van der Waals surface area (Å²) in [5.41, 5.74) is 1.54. The molecule has 1 aliphatic rings. The monoisotopic (exact) mass is 360 g/mol. The third kappa shape index (κ3) is 3.37. The molecule has 0 amide bonds. The molecule has 4 heterocycles. The zero-order valence-electron chi connectivity index (χ0n) is 14.2. The van der Waals surface area contributed by atoms with E-state index in [1.807, 2.05) is 26.1 Å². The maximum atomic E-state index is 12.2. The summed E-state index contributed by atoms with van der Waals surface area (Å²) >= 11 is 1.51. The van der Waals surface area contributed by atoms with Crippen molar-refractivity contribution < 1.29 is 9.63 Å². The summed E-state index contributed by atoms with van der Waals surface area (Å²) < 4.78 is 6.84. The second-order valence-corrected chi connectivity index (χ2v) is 7.95. The van der Waals surface area contributed by atoms with Crippen molar-refractivity contribution in [2.45, 2.75) is 32.9 Å². The number of β-amino-alcohol motifs (C(OH)–C–C–N with tert-alkyl or cyclic N) is 1. The summed E-state index contributed by atoms with van der Waals surface area (Å²) in [7, 11) is 0. The van der Waals surface area contributed by atoms with E-state index < -0.39 is 6.10 Å². The Morgan fingerprint density at radius 1 is 1.36 bits per heavy atom. The maximum absolute atomic E-state index is 12.2. The number of hydrogen-bond acceptors (Lipinski definition) is 7. The zero-order chi connectivity index (χ0) is 17.6. The van der Waals surface area contributed by atoms with Gasteiger partial charge in [0.25, 0.3) is 5.56 Å². The summed E-state index contributed by atoms with van der Waals surface area (Å²) in [6, 6.07) is 3.49. The van der Waals surface area contributed by atoms with Gasteiger partial charge in [0.15, 0.2) is 4.96 Å². The summed E-state index contributed by atoms with van der Waals surface area (Å²) in [5.74, 6) is 0.899. The normalized spacial score (nSPS) is 21.4. The number of thiazole rings is 1. The van der Waals surface area contributed by atoms with Crippen LogP contribution in [0.15, 0.2) is 27.6 Å². The SMILES string of the molecule is Cc1cc(C[C@@H]2CN(Cc3cc(=O)n4cc(C)sc4n3)C[C@H]2O)on1. The number of nitrogens with zero attached hydrogens (tertiary/aromatic N) is 4. The maximum Gasteiger partial charge on any atom is 0.258 e. The van der Waals surface area contributed by atoms with Crippen LogP contribution in [0.25, 0.3) is 4.96 Å². The quantitative estimate of drug-likeness (QED) is 0.757. The van der Waals surface area contributed by atoms with Crippen LogP contribution in [0.2, 0.25) is 0 Å². The van der Waals surface area contributed by atoms with Crippen LogP contribution in [0.4, 0.5) is 0 Å². The van der Waals surface area contributed by atoms with E-state index in [0.29, 0.717) is 24.5 Å². The molecule has 0 bridgehead atoms. The molecule has 0 saturated carbocycles. The Morgan fingerprint density at radius 2 is 2.20 bits per heavy atom. The predicted octanol–water partition coefficient (Wildman–Crippen LogP) is 1.40. The molecule has 0 spiro atoms. The minimum atomic E-state index is -0.417. The first-order valence-electron chi connectivity index (χ1n) is 8.29. The van der Waals surface area contributed by atoms with Gasteiger partial charge >= 0.3 is 0 Å². The standard InChI is InChI=1S/C17H20N4O3S/c1-10-3-14(24-19-10)4-12-7-20(9-15(12)22)8-13-5-16(23)21-6-11(2)25-17(21)18-13/h3,5-6,12,15,22H,4,7-9H2,1-2H3/t12-,15-/m1/s1. The van der Waals surface area contributed by atoms with E-state index in [1.54, 1.807) is 10.5 Å². The highest BCUT2D eigenvalue weighted by Gasteiger charge is 2.32. The summed E-state index contributed by atoms with van der Waals surface area (Å²) in [6.45, 7) is 5.72. The van der Waals surface area contributed by atoms with Gasteiger partial charge in [-0.1, -0.05) is 5.16 Å². The first kappa shape index (κ1) is 16.4. The molecule has 4 rings (SSSR count). The fraction of sp³-hybridized carbons (Fsp3) is 0.471. The van der Waals surface area contributed by atoms with Crippen molar-refractivity contribution in [1.82, 2.24) is 19.4 Å². The topological polar surface area (TPSA) is 83.9 Å². The van der Waals surface area contributed by atoms with E-state index >= 15 is 0 Å². The molecule has 0 aromatic carbocycles. The highest BCUT2D eigenvalue weighted by Crippen LogP contribution is 2.23. The fourth-order valence-electron chi connectivity index (χ4n) is 3.41. The molecule has 1 N–H and O–H groups in total. The van der Waals surface area contributed by atoms with Crippen LogP contribution in [0, 0.1) is 19.8 Å². The van der Waals surface area contributed by atoms with Gasteiger partial charge < -0.3 is 9.63 Å². The second kappa shape index (κ2) is 6.36. The van der Waals surface area contributed by atoms with Gasteiger partial charge in [-0.25, -0.2) is 4.98 Å². The molecule has 132 valence electrons. The van der Waals surface area contributed by atoms with Crippen molar-refractivity contribution >= 4 is 16.3 Å². The summed E-state index contributed by atoms with van der Waals surface area (Å²) in [5, 5.41) is 14.2. The lowest BCUT2D eigenvalue weighted by Gasteiger charge is -2.14. The lowest BCUT2D eigenvalue weighted by atomic mass is 10.0. The Morgan fingerprint density at radius 3 is 2.96 bits per heavy atom. The molecular formula is C17H20N4O3S. The van der Waals surface area contributed by atoms with Gasteiger partial charge in [0.2, 0.25) is 0 Å². The average Bonchev–Trinajstić information content (AvgIpc) is 3.20. The van der Waals surface area contributed by atoms with E-state index in [9.17, 15) is 9.90 Å². The Hall–Kier alpha value is -2.03. The van der Waals surface area contributed by atoms with Crippen LogP contribution >= 0.6 is 11.3 Å². The van der Waals surface area contributed by atoms with Gasteiger partial charge in [0.1, 0.15) is 5.76 Å². The van der Waals surface area contributed by atoms with Crippen molar-refractivity contribution in [3.05, 3.63) is 50.7 Å². The van der Waals surface area contributed by atoms with E-state index in [1.165, 1.54) is 11.3 Å². The molecule has 1 aliphatic heterocycles. The molecule has 7 nitrogen and oxygen atoms in total. The number of likely N-dealkylation sites (tertiary alicyclic amines) is 1. The van der Waals surface area contributed by atoms with Crippen LogP contribution in [0.3, 0.4) is 0 Å². The predicted molar refractivity (Wildman–Crippen MR) is 93.8 cm³/mol. The summed E-state index contributed by atoms with van der Waals surface area (Å²) in [6.07, 6.45) is 2.06. The molecule has 8 heteroatoms. The number of aliphatic hydroxyl groups is 1. The van der Waals surface area contributed by atoms with Crippen LogP contribution in [-0.4, -0.2) is 43.7 Å². The van der Waals surface area contributed by atoms with Crippen LogP contribution in [0.1, 0.15) is 22.0 Å². The van der Waals surface area contributed by atoms with Crippen molar-refractivity contribution in [3.8, 4) is 0 Å². The van der Waals surface area contributed by atoms with Crippen LogP contribution in [-0.2, 0) is 13.0 Å². The van der Waals surface area contributed by atoms with E-state index in [4.69, 9.17) is 4.52 Å². The number of rotatable bonds is 4. The number of aryl methyl sites for hydroxylation is 2. The molecule has 3 aromatic rings. The molecule has 0 radical (unpaired) electrons. The van der Waals surface area contributed by atoms with Crippen LogP contribution < -0.4 is 5.56 Å². The van der Waals surface area contributed by atoms with Crippen molar-refractivity contribution in [1.29, 1.82) is 0 Å². The average molecular weight is 360 g/mol. The highest BCUT2D eigenvalue weighted by atomic mass is 32.1. The van der Waals surface area contributed by atoms with Gasteiger partial charge in [-0.3, -0.25) is 14.1 Å². The smallest absolute Gasteiger partial charge is 0.258 e. The van der Waals surface area contributed by atoms with Gasteiger partial charge in [0.05, 0.1) is 17.5 Å². The third-order valence-electron chi connectivity index (χ3n) is 4.54. The largest absolute Gasteiger partial charge is 0.391 e. The first-order valence-corrected chi connectivity index (χ1v) is 9.11. The number of hydrogen-bond donors (Lipinski definition) is 1. The Balaban J connectivity index is 1.47. The van der Waals surface area contributed by atoms with Gasteiger partial charge in [-0.05, 0) is 13.8 Å². The van der Waals surface area contributed by atoms with Gasteiger partial charge in [-0.2, -0.15) is 0 Å². The molecule has 3 aromatic heterocycles. The van der Waals surface area contributed by atoms with Crippen molar-refractivity contribution in [3.63, 3.8) is 0 Å². The molecule has 1 saturated heterocycles. The summed E-state index contributed by atoms with van der Waals surface area (Å²) in [4.78, 5) is 20.7. The minimum Gasteiger partial charge on any atom is -0.391 e. The highest BCUT2D eigenvalue weighted by molar-refractivity contribution is 7.16. The lowest BCUT2D eigenvalue weighted by Crippen LogP contribution is -2.24. The van der Waals surface area contributed by atoms with Crippen LogP contribution in [0.5, 0.6) is 0 Å². The molecule has 1 fully saturated rings.